The standard InChI is InChI=1S/C19H19BrN2O7/c1-10-15(18(23)24)17(16(19(25)26)11(2)21-10)12-5-6-14(13(9-12)22(27)28)29-8-4-3-7-20/h5-6,9H,3-4,7-8H2,1-2H3,(H,23,24)(H,25,26). The Hall–Kier alpha value is -3.01. The van der Waals surface area contributed by atoms with Gasteiger partial charge in [-0.1, -0.05) is 22.0 Å². The van der Waals surface area contributed by atoms with Crippen molar-refractivity contribution in [3.63, 3.8) is 0 Å². The number of benzene rings is 1. The summed E-state index contributed by atoms with van der Waals surface area (Å²) in [6, 6.07) is 3.90. The van der Waals surface area contributed by atoms with E-state index >= 15 is 0 Å². The monoisotopic (exact) mass is 466 g/mol. The highest BCUT2D eigenvalue weighted by Crippen LogP contribution is 2.37. The van der Waals surface area contributed by atoms with Crippen molar-refractivity contribution in [3.05, 3.63) is 50.8 Å². The summed E-state index contributed by atoms with van der Waals surface area (Å²) in [4.78, 5) is 38.5. The van der Waals surface area contributed by atoms with Gasteiger partial charge in [0.2, 0.25) is 0 Å². The molecule has 0 fully saturated rings. The molecule has 0 bridgehead atoms. The summed E-state index contributed by atoms with van der Waals surface area (Å²) in [5.41, 5.74) is -0.792. The Balaban J connectivity index is 2.68. The summed E-state index contributed by atoms with van der Waals surface area (Å²) in [7, 11) is 0. The van der Waals surface area contributed by atoms with E-state index in [4.69, 9.17) is 4.74 Å². The third-order valence-electron chi connectivity index (χ3n) is 4.22. The minimum absolute atomic E-state index is 0.0320. The van der Waals surface area contributed by atoms with E-state index in [1.807, 2.05) is 0 Å². The first-order valence-electron chi connectivity index (χ1n) is 8.64. The van der Waals surface area contributed by atoms with E-state index in [0.717, 1.165) is 17.8 Å². The summed E-state index contributed by atoms with van der Waals surface area (Å²) >= 11 is 3.29. The molecule has 0 aliphatic rings. The number of aromatic nitrogens is 1. The second-order valence-corrected chi connectivity index (χ2v) is 7.00. The Kier molecular flexibility index (Phi) is 7.27. The lowest BCUT2D eigenvalue weighted by Gasteiger charge is -2.15. The third-order valence-corrected chi connectivity index (χ3v) is 4.78. The summed E-state index contributed by atoms with van der Waals surface area (Å²) in [5.74, 6) is -2.71. The zero-order chi connectivity index (χ0) is 21.7. The maximum Gasteiger partial charge on any atom is 0.338 e. The van der Waals surface area contributed by atoms with E-state index in [9.17, 15) is 29.9 Å². The number of aromatic carboxylic acids is 2. The lowest BCUT2D eigenvalue weighted by molar-refractivity contribution is -0.385. The van der Waals surface area contributed by atoms with Crippen LogP contribution < -0.4 is 4.74 Å². The number of alkyl halides is 1. The molecule has 9 nitrogen and oxygen atoms in total. The minimum atomic E-state index is -1.37. The van der Waals surface area contributed by atoms with Crippen molar-refractivity contribution in [2.75, 3.05) is 11.9 Å². The van der Waals surface area contributed by atoms with Crippen LogP contribution in [0.15, 0.2) is 18.2 Å². The molecule has 0 atom stereocenters. The molecule has 2 aromatic rings. The van der Waals surface area contributed by atoms with Crippen LogP contribution in [0.2, 0.25) is 0 Å². The van der Waals surface area contributed by atoms with Gasteiger partial charge < -0.3 is 14.9 Å². The predicted octanol–water partition coefficient (Wildman–Crippen LogP) is 4.22. The van der Waals surface area contributed by atoms with E-state index in [1.54, 1.807) is 0 Å². The number of carbonyl (C=O) groups is 2. The second kappa shape index (κ2) is 9.46. The maximum atomic E-state index is 11.8. The molecule has 1 heterocycles. The van der Waals surface area contributed by atoms with Crippen molar-refractivity contribution in [3.8, 4) is 16.9 Å². The molecule has 2 rings (SSSR count). The summed E-state index contributed by atoms with van der Waals surface area (Å²) in [6.45, 7) is 3.17. The van der Waals surface area contributed by atoms with Gasteiger partial charge in [-0.15, -0.1) is 0 Å². The summed E-state index contributed by atoms with van der Waals surface area (Å²) < 4.78 is 5.49. The molecule has 10 heteroatoms. The van der Waals surface area contributed by atoms with Crippen LogP contribution in [0.3, 0.4) is 0 Å². The van der Waals surface area contributed by atoms with E-state index in [-0.39, 0.29) is 51.7 Å². The number of ether oxygens (including phenoxy) is 1. The number of hydrogen-bond donors (Lipinski definition) is 2. The van der Waals surface area contributed by atoms with Crippen molar-refractivity contribution in [1.82, 2.24) is 4.98 Å². The first kappa shape index (κ1) is 22.3. The van der Waals surface area contributed by atoms with Crippen LogP contribution in [0.1, 0.15) is 44.9 Å². The van der Waals surface area contributed by atoms with Crippen molar-refractivity contribution in [1.29, 1.82) is 0 Å². The van der Waals surface area contributed by atoms with E-state index in [1.165, 1.54) is 26.0 Å². The van der Waals surface area contributed by atoms with Crippen molar-refractivity contribution in [2.45, 2.75) is 26.7 Å². The number of rotatable bonds is 9. The fourth-order valence-corrected chi connectivity index (χ4v) is 3.38. The number of unbranched alkanes of at least 4 members (excludes halogenated alkanes) is 1. The number of nitro groups is 1. The van der Waals surface area contributed by atoms with Crippen molar-refractivity contribution in [2.24, 2.45) is 0 Å². The van der Waals surface area contributed by atoms with Crippen LogP contribution in [-0.4, -0.2) is 44.0 Å². The number of hydrogen-bond acceptors (Lipinski definition) is 6. The predicted molar refractivity (Wildman–Crippen MR) is 108 cm³/mol. The van der Waals surface area contributed by atoms with Crippen molar-refractivity contribution >= 4 is 33.6 Å². The Morgan fingerprint density at radius 1 is 1.14 bits per heavy atom. The molecule has 0 spiro atoms. The molecule has 154 valence electrons. The molecule has 0 saturated carbocycles. The van der Waals surface area contributed by atoms with Crippen LogP contribution >= 0.6 is 15.9 Å². The van der Waals surface area contributed by atoms with Gasteiger partial charge in [0.1, 0.15) is 0 Å². The van der Waals surface area contributed by atoms with Crippen molar-refractivity contribution < 1.29 is 29.5 Å². The van der Waals surface area contributed by atoms with Crippen LogP contribution in [0, 0.1) is 24.0 Å². The molecular weight excluding hydrogens is 448 g/mol. The number of nitrogens with zero attached hydrogens (tertiary/aromatic N) is 2. The average Bonchev–Trinajstić information content (AvgIpc) is 2.63. The van der Waals surface area contributed by atoms with Gasteiger partial charge in [-0.25, -0.2) is 9.59 Å². The largest absolute Gasteiger partial charge is 0.487 e. The Bertz CT molecular complexity index is 937. The van der Waals surface area contributed by atoms with Crippen LogP contribution in [-0.2, 0) is 0 Å². The summed E-state index contributed by atoms with van der Waals surface area (Å²) in [6.07, 6.45) is 1.53. The average molecular weight is 467 g/mol. The van der Waals surface area contributed by atoms with Gasteiger partial charge in [-0.05, 0) is 38.3 Å². The quantitative estimate of drug-likeness (QED) is 0.242. The van der Waals surface area contributed by atoms with Gasteiger partial charge in [0.25, 0.3) is 0 Å². The normalized spacial score (nSPS) is 10.6. The molecule has 0 unspecified atom stereocenters. The molecule has 29 heavy (non-hydrogen) atoms. The molecule has 0 radical (unpaired) electrons. The number of carboxylic acid groups (broad SMARTS) is 2. The third kappa shape index (κ3) is 4.89. The van der Waals surface area contributed by atoms with Gasteiger partial charge in [0.15, 0.2) is 5.75 Å². The molecule has 2 N–H and O–H groups in total. The zero-order valence-corrected chi connectivity index (χ0v) is 17.4. The fraction of sp³-hybridized carbons (Fsp3) is 0.316. The Morgan fingerprint density at radius 2 is 1.72 bits per heavy atom. The first-order chi connectivity index (χ1) is 13.7. The molecule has 1 aromatic heterocycles. The number of pyridine rings is 1. The first-order valence-corrected chi connectivity index (χ1v) is 9.76. The Labute approximate surface area is 174 Å². The van der Waals surface area contributed by atoms with Gasteiger partial charge in [0.05, 0.1) is 34.0 Å². The minimum Gasteiger partial charge on any atom is -0.487 e. The van der Waals surface area contributed by atoms with Gasteiger partial charge >= 0.3 is 17.6 Å². The molecular formula is C19H19BrN2O7. The summed E-state index contributed by atoms with van der Waals surface area (Å²) in [5, 5.41) is 31.5. The highest BCUT2D eigenvalue weighted by atomic mass is 79.9. The maximum absolute atomic E-state index is 11.8. The smallest absolute Gasteiger partial charge is 0.338 e. The number of carboxylic acids is 2. The topological polar surface area (TPSA) is 140 Å². The second-order valence-electron chi connectivity index (χ2n) is 6.20. The van der Waals surface area contributed by atoms with Crippen LogP contribution in [0.4, 0.5) is 5.69 Å². The van der Waals surface area contributed by atoms with Gasteiger partial charge in [-0.2, -0.15) is 0 Å². The molecule has 0 saturated heterocycles. The van der Waals surface area contributed by atoms with Crippen LogP contribution in [0.5, 0.6) is 5.75 Å². The lowest BCUT2D eigenvalue weighted by Crippen LogP contribution is -2.13. The SMILES string of the molecule is Cc1nc(C)c(C(=O)O)c(-c2ccc(OCCCCBr)c([N+](=O)[O-])c2)c1C(=O)O. The zero-order valence-electron chi connectivity index (χ0n) is 15.8. The molecule has 0 aliphatic heterocycles. The van der Waals surface area contributed by atoms with E-state index in [0.29, 0.717) is 6.42 Å². The molecule has 0 aliphatic carbocycles. The highest BCUT2D eigenvalue weighted by molar-refractivity contribution is 9.09. The van der Waals surface area contributed by atoms with Gasteiger partial charge in [0, 0.05) is 17.0 Å². The molecule has 0 amide bonds. The number of halogens is 1. The highest BCUT2D eigenvalue weighted by Gasteiger charge is 2.27. The number of aryl methyl sites for hydroxylation is 2. The lowest BCUT2D eigenvalue weighted by atomic mass is 9.92. The van der Waals surface area contributed by atoms with Gasteiger partial charge in [-0.3, -0.25) is 15.1 Å². The number of nitro benzene ring substituents is 1. The van der Waals surface area contributed by atoms with Crippen LogP contribution in [0.25, 0.3) is 11.1 Å². The van der Waals surface area contributed by atoms with E-state index < -0.39 is 16.9 Å². The Morgan fingerprint density at radius 3 is 2.21 bits per heavy atom. The van der Waals surface area contributed by atoms with E-state index in [2.05, 4.69) is 20.9 Å². The fourth-order valence-electron chi connectivity index (χ4n) is 2.98. The molecule has 1 aromatic carbocycles.